The number of thiazole rings is 1. The summed E-state index contributed by atoms with van der Waals surface area (Å²) in [4.78, 5) is 23.5. The fraction of sp³-hybridized carbons (Fsp3) is 0.167. The number of rotatable bonds is 3. The molecular formula is C24H20FN3OS. The maximum Gasteiger partial charge on any atom is 0.266 e. The van der Waals surface area contributed by atoms with E-state index in [1.807, 2.05) is 24.0 Å². The van der Waals surface area contributed by atoms with Crippen molar-refractivity contribution < 1.29 is 9.18 Å². The molecule has 6 heteroatoms. The van der Waals surface area contributed by atoms with E-state index in [0.717, 1.165) is 28.2 Å². The van der Waals surface area contributed by atoms with Crippen molar-refractivity contribution in [1.29, 1.82) is 0 Å². The largest absolute Gasteiger partial charge is 0.361 e. The average molecular weight is 418 g/mol. The molecule has 0 spiro atoms. The van der Waals surface area contributed by atoms with Crippen LogP contribution in [0.4, 0.5) is 4.39 Å². The number of amides is 1. The Balaban J connectivity index is 1.36. The molecule has 0 saturated carbocycles. The van der Waals surface area contributed by atoms with Gasteiger partial charge in [0.25, 0.3) is 5.91 Å². The van der Waals surface area contributed by atoms with Crippen LogP contribution in [0.3, 0.4) is 0 Å². The van der Waals surface area contributed by atoms with Crippen molar-refractivity contribution in [1.82, 2.24) is 14.9 Å². The molecule has 5 rings (SSSR count). The van der Waals surface area contributed by atoms with E-state index in [1.54, 1.807) is 12.1 Å². The Morgan fingerprint density at radius 1 is 1.17 bits per heavy atom. The van der Waals surface area contributed by atoms with Gasteiger partial charge in [-0.1, -0.05) is 24.3 Å². The Bertz CT molecular complexity index is 1270. The second-order valence-corrected chi connectivity index (χ2v) is 8.42. The van der Waals surface area contributed by atoms with E-state index in [1.165, 1.54) is 40.0 Å². The first-order valence-corrected chi connectivity index (χ1v) is 10.7. The first kappa shape index (κ1) is 18.8. The molecule has 0 bridgehead atoms. The summed E-state index contributed by atoms with van der Waals surface area (Å²) < 4.78 is 13.2. The minimum atomic E-state index is -0.283. The van der Waals surface area contributed by atoms with Crippen molar-refractivity contribution in [2.45, 2.75) is 13.3 Å². The van der Waals surface area contributed by atoms with Crippen LogP contribution in [0.1, 0.15) is 27.3 Å². The number of hydrogen-bond acceptors (Lipinski definition) is 3. The van der Waals surface area contributed by atoms with Crippen LogP contribution in [0, 0.1) is 12.7 Å². The number of para-hydroxylation sites is 1. The summed E-state index contributed by atoms with van der Waals surface area (Å²) in [6.07, 6.45) is 5.01. The van der Waals surface area contributed by atoms with E-state index in [4.69, 9.17) is 0 Å². The Morgan fingerprint density at radius 2 is 1.97 bits per heavy atom. The van der Waals surface area contributed by atoms with Crippen molar-refractivity contribution in [2.75, 3.05) is 13.1 Å². The average Bonchev–Trinajstić information content (AvgIpc) is 3.38. The quantitative estimate of drug-likeness (QED) is 0.467. The Kier molecular flexibility index (Phi) is 4.71. The molecule has 0 saturated heterocycles. The number of aryl methyl sites for hydroxylation is 1. The summed E-state index contributed by atoms with van der Waals surface area (Å²) >= 11 is 1.37. The molecule has 2 aromatic heterocycles. The topological polar surface area (TPSA) is 49.0 Å². The third-order valence-corrected chi connectivity index (χ3v) is 6.71. The number of carbonyl (C=O) groups excluding carboxylic acids is 1. The predicted molar refractivity (Wildman–Crippen MR) is 119 cm³/mol. The van der Waals surface area contributed by atoms with Crippen molar-refractivity contribution in [3.8, 4) is 10.6 Å². The van der Waals surface area contributed by atoms with Gasteiger partial charge in [0.2, 0.25) is 0 Å². The summed E-state index contributed by atoms with van der Waals surface area (Å²) in [5.74, 6) is -0.276. The van der Waals surface area contributed by atoms with Crippen molar-refractivity contribution in [3.63, 3.8) is 0 Å². The van der Waals surface area contributed by atoms with Gasteiger partial charge >= 0.3 is 0 Å². The van der Waals surface area contributed by atoms with E-state index < -0.39 is 0 Å². The molecule has 1 aliphatic heterocycles. The molecule has 0 atom stereocenters. The van der Waals surface area contributed by atoms with Gasteiger partial charge in [0.15, 0.2) is 0 Å². The first-order chi connectivity index (χ1) is 14.6. The molecular weight excluding hydrogens is 397 g/mol. The van der Waals surface area contributed by atoms with Gasteiger partial charge in [-0.05, 0) is 49.2 Å². The molecule has 4 aromatic rings. The molecule has 2 aromatic carbocycles. The lowest BCUT2D eigenvalue weighted by molar-refractivity contribution is 0.0777. The summed E-state index contributed by atoms with van der Waals surface area (Å²) in [5, 5.41) is 1.95. The molecule has 150 valence electrons. The number of halogens is 1. The second kappa shape index (κ2) is 7.54. The highest BCUT2D eigenvalue weighted by Gasteiger charge is 2.24. The van der Waals surface area contributed by atoms with Crippen LogP contribution in [-0.2, 0) is 0 Å². The maximum atomic E-state index is 13.2. The zero-order valence-electron chi connectivity index (χ0n) is 16.5. The highest BCUT2D eigenvalue weighted by atomic mass is 32.1. The van der Waals surface area contributed by atoms with Gasteiger partial charge in [-0.25, -0.2) is 9.37 Å². The molecule has 3 heterocycles. The second-order valence-electron chi connectivity index (χ2n) is 7.42. The number of hydrogen-bond donors (Lipinski definition) is 1. The number of aromatic nitrogens is 2. The number of benzene rings is 2. The van der Waals surface area contributed by atoms with E-state index in [0.29, 0.717) is 18.0 Å². The van der Waals surface area contributed by atoms with Gasteiger partial charge < -0.3 is 9.88 Å². The molecule has 0 unspecified atom stereocenters. The van der Waals surface area contributed by atoms with Crippen LogP contribution < -0.4 is 0 Å². The fourth-order valence-electron chi connectivity index (χ4n) is 3.89. The van der Waals surface area contributed by atoms with Crippen LogP contribution in [-0.4, -0.2) is 33.9 Å². The van der Waals surface area contributed by atoms with Gasteiger partial charge in [0.1, 0.15) is 15.7 Å². The normalized spacial score (nSPS) is 14.2. The van der Waals surface area contributed by atoms with E-state index >= 15 is 0 Å². The lowest BCUT2D eigenvalue weighted by Gasteiger charge is -2.26. The van der Waals surface area contributed by atoms with E-state index in [2.05, 4.69) is 34.4 Å². The lowest BCUT2D eigenvalue weighted by atomic mass is 9.99. The number of aromatic amines is 1. The van der Waals surface area contributed by atoms with Crippen molar-refractivity contribution >= 4 is 33.7 Å². The van der Waals surface area contributed by atoms with E-state index in [-0.39, 0.29) is 11.7 Å². The monoisotopic (exact) mass is 417 g/mol. The lowest BCUT2D eigenvalue weighted by Crippen LogP contribution is -2.34. The molecule has 1 aliphatic rings. The van der Waals surface area contributed by atoms with Gasteiger partial charge in [-0.3, -0.25) is 4.79 Å². The van der Waals surface area contributed by atoms with Gasteiger partial charge in [-0.15, -0.1) is 11.3 Å². The third-order valence-electron chi connectivity index (χ3n) is 5.51. The minimum Gasteiger partial charge on any atom is -0.361 e. The maximum absolute atomic E-state index is 13.2. The zero-order valence-corrected chi connectivity index (χ0v) is 17.3. The number of nitrogens with zero attached hydrogens (tertiary/aromatic N) is 2. The number of H-pyrrole nitrogens is 1. The highest BCUT2D eigenvalue weighted by molar-refractivity contribution is 7.17. The Hall–Kier alpha value is -3.25. The SMILES string of the molecule is Cc1nc(-c2ccc(F)cc2)sc1C(=O)N1CC=C(c2c[nH]c3ccccc23)CC1. The van der Waals surface area contributed by atoms with Crippen LogP contribution >= 0.6 is 11.3 Å². The fourth-order valence-corrected chi connectivity index (χ4v) is 4.93. The molecule has 0 fully saturated rings. The van der Waals surface area contributed by atoms with Crippen LogP contribution in [0.5, 0.6) is 0 Å². The number of nitrogens with one attached hydrogen (secondary N) is 1. The summed E-state index contributed by atoms with van der Waals surface area (Å²) in [7, 11) is 0. The molecule has 1 amide bonds. The predicted octanol–water partition coefficient (Wildman–Crippen LogP) is 5.67. The molecule has 30 heavy (non-hydrogen) atoms. The van der Waals surface area contributed by atoms with Crippen molar-refractivity contribution in [2.24, 2.45) is 0 Å². The summed E-state index contributed by atoms with van der Waals surface area (Å²) in [5.41, 5.74) is 5.15. The molecule has 0 radical (unpaired) electrons. The third kappa shape index (κ3) is 3.33. The number of carbonyl (C=O) groups is 1. The molecule has 0 aliphatic carbocycles. The Labute approximate surface area is 177 Å². The smallest absolute Gasteiger partial charge is 0.266 e. The summed E-state index contributed by atoms with van der Waals surface area (Å²) in [6.45, 7) is 3.11. The van der Waals surface area contributed by atoms with E-state index in [9.17, 15) is 9.18 Å². The zero-order chi connectivity index (χ0) is 20.7. The first-order valence-electron chi connectivity index (χ1n) is 9.88. The van der Waals surface area contributed by atoms with Gasteiger partial charge in [0.05, 0.1) is 5.69 Å². The number of fused-ring (bicyclic) bond motifs is 1. The summed E-state index contributed by atoms with van der Waals surface area (Å²) in [6, 6.07) is 14.5. The highest BCUT2D eigenvalue weighted by Crippen LogP contribution is 2.32. The molecule has 4 nitrogen and oxygen atoms in total. The van der Waals surface area contributed by atoms with Crippen LogP contribution in [0.25, 0.3) is 27.0 Å². The van der Waals surface area contributed by atoms with Crippen LogP contribution in [0.2, 0.25) is 0 Å². The minimum absolute atomic E-state index is 0.00703. The van der Waals surface area contributed by atoms with Crippen molar-refractivity contribution in [3.05, 3.63) is 82.8 Å². The van der Waals surface area contributed by atoms with Gasteiger partial charge in [0, 0.05) is 41.3 Å². The molecule has 1 N–H and O–H groups in total. The Morgan fingerprint density at radius 3 is 2.73 bits per heavy atom. The standard InChI is InChI=1S/C24H20FN3OS/c1-15-22(30-23(27-15)17-6-8-18(25)9-7-17)24(29)28-12-10-16(11-13-28)20-14-26-21-5-3-2-4-19(20)21/h2-10,14,26H,11-13H2,1H3. The van der Waals surface area contributed by atoms with Crippen LogP contribution in [0.15, 0.2) is 60.8 Å². The van der Waals surface area contributed by atoms with Gasteiger partial charge in [-0.2, -0.15) is 0 Å².